The first kappa shape index (κ1) is 20.4. The maximum Gasteiger partial charge on any atom is 0.288 e. The topological polar surface area (TPSA) is 93.8 Å². The lowest BCUT2D eigenvalue weighted by Gasteiger charge is -2.14. The minimum absolute atomic E-state index is 0.0358. The number of amides is 1. The van der Waals surface area contributed by atoms with Crippen LogP contribution in [0.1, 0.15) is 36.5 Å². The first-order valence-electron chi connectivity index (χ1n) is 8.27. The van der Waals surface area contributed by atoms with E-state index < -0.39 is 10.8 Å². The molecule has 0 spiro atoms. The predicted molar refractivity (Wildman–Crippen MR) is 105 cm³/mol. The van der Waals surface area contributed by atoms with Gasteiger partial charge in [0.2, 0.25) is 0 Å². The van der Waals surface area contributed by atoms with Crippen molar-refractivity contribution in [2.24, 2.45) is 5.10 Å². The molecule has 27 heavy (non-hydrogen) atoms. The lowest BCUT2D eigenvalue weighted by molar-refractivity contribution is -0.384. The molecule has 0 atom stereocenters. The van der Waals surface area contributed by atoms with Gasteiger partial charge in [-0.15, -0.1) is 0 Å². The number of benzene rings is 2. The van der Waals surface area contributed by atoms with E-state index in [2.05, 4.69) is 10.5 Å². The van der Waals surface area contributed by atoms with Gasteiger partial charge in [-0.1, -0.05) is 43.6 Å². The van der Waals surface area contributed by atoms with E-state index in [1.165, 1.54) is 18.3 Å². The van der Waals surface area contributed by atoms with Gasteiger partial charge in [0.05, 0.1) is 11.1 Å². The van der Waals surface area contributed by atoms with Gasteiger partial charge in [0.25, 0.3) is 11.6 Å². The third kappa shape index (κ3) is 5.79. The molecule has 0 radical (unpaired) electrons. The Bertz CT molecular complexity index is 881. The number of nitro benzene ring substituents is 1. The van der Waals surface area contributed by atoms with Crippen LogP contribution in [-0.2, 0) is 4.79 Å². The second-order valence-electron chi connectivity index (χ2n) is 6.25. The number of nitro groups is 1. The highest BCUT2D eigenvalue weighted by Crippen LogP contribution is 2.27. The molecule has 0 heterocycles. The Kier molecular flexibility index (Phi) is 6.90. The van der Waals surface area contributed by atoms with Crippen LogP contribution in [-0.4, -0.2) is 23.7 Å². The van der Waals surface area contributed by atoms with Crippen LogP contribution in [0.5, 0.6) is 5.75 Å². The van der Waals surface area contributed by atoms with Gasteiger partial charge in [0, 0.05) is 11.6 Å². The predicted octanol–water partition coefficient (Wildman–Crippen LogP) is 4.21. The highest BCUT2D eigenvalue weighted by atomic mass is 35.5. The van der Waals surface area contributed by atoms with E-state index >= 15 is 0 Å². The second-order valence-corrected chi connectivity index (χ2v) is 6.65. The fraction of sp³-hybridized carbons (Fsp3) is 0.263. The minimum Gasteiger partial charge on any atom is -0.483 e. The largest absolute Gasteiger partial charge is 0.483 e. The average Bonchev–Trinajstić information content (AvgIpc) is 2.61. The summed E-state index contributed by atoms with van der Waals surface area (Å²) in [4.78, 5) is 22.2. The number of rotatable bonds is 7. The zero-order chi connectivity index (χ0) is 20.0. The quantitative estimate of drug-likeness (QED) is 0.436. The summed E-state index contributed by atoms with van der Waals surface area (Å²) in [6, 6.07) is 10.1. The molecule has 2 aromatic rings. The Morgan fingerprint density at radius 1 is 1.33 bits per heavy atom. The summed E-state index contributed by atoms with van der Waals surface area (Å²) in [6.45, 7) is 5.86. The van der Waals surface area contributed by atoms with Crippen molar-refractivity contribution < 1.29 is 14.5 Å². The van der Waals surface area contributed by atoms with Crippen molar-refractivity contribution in [1.29, 1.82) is 0 Å². The average molecular weight is 390 g/mol. The highest BCUT2D eigenvalue weighted by Gasteiger charge is 2.12. The van der Waals surface area contributed by atoms with Crippen LogP contribution >= 0.6 is 11.6 Å². The maximum absolute atomic E-state index is 11.9. The van der Waals surface area contributed by atoms with E-state index in [-0.39, 0.29) is 23.2 Å². The maximum atomic E-state index is 11.9. The third-order valence-corrected chi connectivity index (χ3v) is 4.04. The van der Waals surface area contributed by atoms with Crippen molar-refractivity contribution in [3.05, 3.63) is 68.2 Å². The van der Waals surface area contributed by atoms with Crippen molar-refractivity contribution >= 4 is 29.4 Å². The number of ether oxygens (including phenoxy) is 1. The number of aryl methyl sites for hydroxylation is 1. The van der Waals surface area contributed by atoms with Crippen LogP contribution in [0.15, 0.2) is 41.5 Å². The van der Waals surface area contributed by atoms with Gasteiger partial charge in [0.1, 0.15) is 10.8 Å². The van der Waals surface area contributed by atoms with Gasteiger partial charge >= 0.3 is 0 Å². The molecule has 0 aromatic heterocycles. The molecule has 0 saturated heterocycles. The summed E-state index contributed by atoms with van der Waals surface area (Å²) in [5, 5.41) is 14.7. The van der Waals surface area contributed by atoms with E-state index in [1.54, 1.807) is 6.07 Å². The molecule has 2 rings (SSSR count). The molecular weight excluding hydrogens is 370 g/mol. The molecule has 0 fully saturated rings. The van der Waals surface area contributed by atoms with Crippen LogP contribution in [0.2, 0.25) is 5.02 Å². The van der Waals surface area contributed by atoms with Gasteiger partial charge in [-0.25, -0.2) is 5.43 Å². The third-order valence-electron chi connectivity index (χ3n) is 3.72. The van der Waals surface area contributed by atoms with Gasteiger partial charge in [-0.3, -0.25) is 14.9 Å². The van der Waals surface area contributed by atoms with Gasteiger partial charge in [0.15, 0.2) is 6.61 Å². The lowest BCUT2D eigenvalue weighted by atomic mass is 10.0. The number of nitrogens with one attached hydrogen (secondary N) is 1. The fourth-order valence-corrected chi connectivity index (χ4v) is 2.53. The molecule has 0 aliphatic heterocycles. The summed E-state index contributed by atoms with van der Waals surface area (Å²) in [5.74, 6) is 0.491. The molecule has 8 heteroatoms. The van der Waals surface area contributed by atoms with Gasteiger partial charge < -0.3 is 4.74 Å². The number of carbonyl (C=O) groups excluding carboxylic acids is 1. The summed E-state index contributed by atoms with van der Waals surface area (Å²) < 4.78 is 5.62. The minimum atomic E-state index is -0.583. The SMILES string of the molecule is Cc1ccc(C(C)C)c(OCC(=O)N/N=C/c2ccc(Cl)c([N+](=O)[O-])c2)c1. The molecule has 0 bridgehead atoms. The van der Waals surface area contributed by atoms with Gasteiger partial charge in [-0.05, 0) is 36.1 Å². The van der Waals surface area contributed by atoms with Crippen LogP contribution in [0.3, 0.4) is 0 Å². The Morgan fingerprint density at radius 3 is 2.74 bits per heavy atom. The summed E-state index contributed by atoms with van der Waals surface area (Å²) in [6.07, 6.45) is 1.30. The first-order chi connectivity index (χ1) is 12.8. The zero-order valence-electron chi connectivity index (χ0n) is 15.2. The second kappa shape index (κ2) is 9.14. The normalized spacial score (nSPS) is 11.0. The molecule has 7 nitrogen and oxygen atoms in total. The number of hydrogen-bond donors (Lipinski definition) is 1. The summed E-state index contributed by atoms with van der Waals surface area (Å²) in [7, 11) is 0. The fourth-order valence-electron chi connectivity index (χ4n) is 2.35. The van der Waals surface area contributed by atoms with E-state index in [4.69, 9.17) is 16.3 Å². The Balaban J connectivity index is 1.96. The highest BCUT2D eigenvalue weighted by molar-refractivity contribution is 6.32. The van der Waals surface area contributed by atoms with Gasteiger partial charge in [-0.2, -0.15) is 5.10 Å². The van der Waals surface area contributed by atoms with Crippen LogP contribution in [0.4, 0.5) is 5.69 Å². The molecule has 0 unspecified atom stereocenters. The van der Waals surface area contributed by atoms with Crippen LogP contribution in [0.25, 0.3) is 0 Å². The standard InChI is InChI=1S/C19H20ClN3O4/c1-12(2)15-6-4-13(3)8-18(15)27-11-19(24)22-21-10-14-5-7-16(20)17(9-14)23(25)26/h4-10,12H,11H2,1-3H3,(H,22,24)/b21-10+. The van der Waals surface area contributed by atoms with Crippen molar-refractivity contribution in [3.8, 4) is 5.75 Å². The van der Waals surface area contributed by atoms with Crippen LogP contribution in [0, 0.1) is 17.0 Å². The van der Waals surface area contributed by atoms with E-state index in [0.717, 1.165) is 11.1 Å². The number of carbonyl (C=O) groups is 1. The first-order valence-corrected chi connectivity index (χ1v) is 8.65. The summed E-state index contributed by atoms with van der Waals surface area (Å²) in [5.41, 5.74) is 4.60. The smallest absolute Gasteiger partial charge is 0.288 e. The molecule has 142 valence electrons. The molecule has 0 aliphatic carbocycles. The Hall–Kier alpha value is -2.93. The lowest BCUT2D eigenvalue weighted by Crippen LogP contribution is -2.25. The monoisotopic (exact) mass is 389 g/mol. The van der Waals surface area contributed by atoms with Crippen molar-refractivity contribution in [2.75, 3.05) is 6.61 Å². The molecule has 0 aliphatic rings. The number of nitrogens with zero attached hydrogens (tertiary/aromatic N) is 2. The number of halogens is 1. The van der Waals surface area contributed by atoms with E-state index in [1.807, 2.05) is 39.0 Å². The molecule has 0 saturated carbocycles. The van der Waals surface area contributed by atoms with Crippen molar-refractivity contribution in [2.45, 2.75) is 26.7 Å². The molecule has 2 aromatic carbocycles. The number of hydrazone groups is 1. The van der Waals surface area contributed by atoms with Crippen LogP contribution < -0.4 is 10.2 Å². The molecular formula is C19H20ClN3O4. The Morgan fingerprint density at radius 2 is 2.07 bits per heavy atom. The van der Waals surface area contributed by atoms with Crippen molar-refractivity contribution in [3.63, 3.8) is 0 Å². The number of hydrogen-bond acceptors (Lipinski definition) is 5. The van der Waals surface area contributed by atoms with E-state index in [0.29, 0.717) is 11.3 Å². The zero-order valence-corrected chi connectivity index (χ0v) is 16.0. The summed E-state index contributed by atoms with van der Waals surface area (Å²) >= 11 is 5.75. The van der Waals surface area contributed by atoms with E-state index in [9.17, 15) is 14.9 Å². The van der Waals surface area contributed by atoms with Crippen molar-refractivity contribution in [1.82, 2.24) is 5.43 Å². The molecule has 1 N–H and O–H groups in total. The molecule has 1 amide bonds. The Labute approximate surface area is 162 Å².